The van der Waals surface area contributed by atoms with Crippen molar-refractivity contribution in [3.8, 4) is 17.2 Å². The zero-order chi connectivity index (χ0) is 13.8. The minimum absolute atomic E-state index is 0.0596. The quantitative estimate of drug-likeness (QED) is 0.844. The fourth-order valence-corrected chi connectivity index (χ4v) is 1.77. The molecule has 0 heterocycles. The molecule has 100 valence electrons. The van der Waals surface area contributed by atoms with Gasteiger partial charge in [0.05, 0.1) is 19.4 Å². The molecular weight excluding hydrogens is 266 g/mol. The molecule has 0 aliphatic heterocycles. The summed E-state index contributed by atoms with van der Waals surface area (Å²) in [6, 6.07) is 10.2. The van der Waals surface area contributed by atoms with Gasteiger partial charge in [0, 0.05) is 11.1 Å². The lowest BCUT2D eigenvalue weighted by Crippen LogP contribution is -1.95. The van der Waals surface area contributed by atoms with Gasteiger partial charge < -0.3 is 20.3 Å². The van der Waals surface area contributed by atoms with Gasteiger partial charge in [-0.1, -0.05) is 17.7 Å². The van der Waals surface area contributed by atoms with Crippen LogP contribution in [0.4, 0.5) is 5.69 Å². The average molecular weight is 280 g/mol. The highest BCUT2D eigenvalue weighted by Crippen LogP contribution is 2.35. The molecule has 0 amide bonds. The van der Waals surface area contributed by atoms with Crippen LogP contribution in [-0.2, 0) is 6.61 Å². The summed E-state index contributed by atoms with van der Waals surface area (Å²) in [6.45, 7) is -0.0596. The van der Waals surface area contributed by atoms with E-state index < -0.39 is 0 Å². The predicted molar refractivity (Wildman–Crippen MR) is 74.9 cm³/mol. The first-order chi connectivity index (χ1) is 9.13. The molecular formula is C14H14ClNO3. The smallest absolute Gasteiger partial charge is 0.169 e. The Kier molecular flexibility index (Phi) is 4.14. The second-order valence-corrected chi connectivity index (χ2v) is 4.36. The molecule has 0 saturated carbocycles. The van der Waals surface area contributed by atoms with E-state index in [4.69, 9.17) is 31.9 Å². The Morgan fingerprint density at radius 3 is 2.58 bits per heavy atom. The Balaban J connectivity index is 2.35. The Labute approximate surface area is 116 Å². The van der Waals surface area contributed by atoms with Crippen molar-refractivity contribution >= 4 is 17.3 Å². The number of halogens is 1. The highest BCUT2D eigenvalue weighted by atomic mass is 35.5. The van der Waals surface area contributed by atoms with Crippen LogP contribution >= 0.6 is 11.6 Å². The van der Waals surface area contributed by atoms with E-state index in [1.54, 1.807) is 36.4 Å². The van der Waals surface area contributed by atoms with E-state index >= 15 is 0 Å². The fraction of sp³-hybridized carbons (Fsp3) is 0.143. The molecule has 19 heavy (non-hydrogen) atoms. The van der Waals surface area contributed by atoms with Crippen molar-refractivity contribution in [2.75, 3.05) is 12.8 Å². The van der Waals surface area contributed by atoms with Crippen LogP contribution in [0.3, 0.4) is 0 Å². The summed E-state index contributed by atoms with van der Waals surface area (Å²) in [4.78, 5) is 0. The van der Waals surface area contributed by atoms with Gasteiger partial charge in [-0.25, -0.2) is 0 Å². The fourth-order valence-electron chi connectivity index (χ4n) is 1.61. The lowest BCUT2D eigenvalue weighted by molar-refractivity contribution is 0.280. The van der Waals surface area contributed by atoms with E-state index in [2.05, 4.69) is 0 Å². The zero-order valence-corrected chi connectivity index (χ0v) is 11.1. The molecule has 0 aliphatic carbocycles. The summed E-state index contributed by atoms with van der Waals surface area (Å²) in [7, 11) is 1.53. The third-order valence-corrected chi connectivity index (χ3v) is 2.84. The first-order valence-corrected chi connectivity index (χ1v) is 6.02. The Morgan fingerprint density at radius 2 is 1.89 bits per heavy atom. The molecule has 0 bridgehead atoms. The average Bonchev–Trinajstić information content (AvgIpc) is 2.43. The van der Waals surface area contributed by atoms with E-state index in [0.717, 1.165) is 5.56 Å². The van der Waals surface area contributed by atoms with Crippen LogP contribution in [0.15, 0.2) is 36.4 Å². The van der Waals surface area contributed by atoms with E-state index in [9.17, 15) is 0 Å². The number of aliphatic hydroxyl groups is 1. The first kappa shape index (κ1) is 13.5. The van der Waals surface area contributed by atoms with Gasteiger partial charge in [0.1, 0.15) is 0 Å². The number of ether oxygens (including phenoxy) is 2. The standard InChI is InChI=1S/C14H14ClNO3/c1-18-14-6-9(8-17)2-5-12(14)19-13-7-10(15)3-4-11(13)16/h2-7,17H,8,16H2,1H3. The molecule has 0 spiro atoms. The highest BCUT2D eigenvalue weighted by Gasteiger charge is 2.09. The summed E-state index contributed by atoms with van der Waals surface area (Å²) in [6.07, 6.45) is 0. The summed E-state index contributed by atoms with van der Waals surface area (Å²) < 4.78 is 10.9. The van der Waals surface area contributed by atoms with Crippen LogP contribution in [0.2, 0.25) is 5.02 Å². The van der Waals surface area contributed by atoms with Crippen LogP contribution in [0.1, 0.15) is 5.56 Å². The van der Waals surface area contributed by atoms with Crippen molar-refractivity contribution in [1.29, 1.82) is 0 Å². The number of anilines is 1. The Morgan fingerprint density at radius 1 is 1.11 bits per heavy atom. The van der Waals surface area contributed by atoms with Crippen molar-refractivity contribution in [2.24, 2.45) is 0 Å². The van der Waals surface area contributed by atoms with Gasteiger partial charge in [0.15, 0.2) is 17.2 Å². The topological polar surface area (TPSA) is 64.7 Å². The summed E-state index contributed by atoms with van der Waals surface area (Å²) >= 11 is 5.90. The van der Waals surface area contributed by atoms with Gasteiger partial charge in [-0.3, -0.25) is 0 Å². The van der Waals surface area contributed by atoms with E-state index in [1.807, 2.05) is 0 Å². The SMILES string of the molecule is COc1cc(CO)ccc1Oc1cc(Cl)ccc1N. The third-order valence-electron chi connectivity index (χ3n) is 2.61. The van der Waals surface area contributed by atoms with Crippen molar-refractivity contribution in [2.45, 2.75) is 6.61 Å². The van der Waals surface area contributed by atoms with Gasteiger partial charge in [0.2, 0.25) is 0 Å². The van der Waals surface area contributed by atoms with Crippen molar-refractivity contribution < 1.29 is 14.6 Å². The van der Waals surface area contributed by atoms with Crippen LogP contribution in [0, 0.1) is 0 Å². The lowest BCUT2D eigenvalue weighted by Gasteiger charge is -2.13. The molecule has 2 aromatic carbocycles. The zero-order valence-electron chi connectivity index (χ0n) is 10.4. The maximum Gasteiger partial charge on any atom is 0.169 e. The number of benzene rings is 2. The largest absolute Gasteiger partial charge is 0.493 e. The molecule has 0 aliphatic rings. The van der Waals surface area contributed by atoms with Crippen LogP contribution < -0.4 is 15.2 Å². The molecule has 0 aromatic heterocycles. The number of hydrogen-bond acceptors (Lipinski definition) is 4. The van der Waals surface area contributed by atoms with Crippen LogP contribution in [-0.4, -0.2) is 12.2 Å². The predicted octanol–water partition coefficient (Wildman–Crippen LogP) is 3.22. The highest BCUT2D eigenvalue weighted by molar-refractivity contribution is 6.30. The number of hydrogen-bond donors (Lipinski definition) is 2. The monoisotopic (exact) mass is 279 g/mol. The maximum absolute atomic E-state index is 9.08. The van der Waals surface area contributed by atoms with Gasteiger partial charge in [-0.05, 0) is 29.8 Å². The molecule has 0 saturated heterocycles. The number of aliphatic hydroxyl groups excluding tert-OH is 1. The molecule has 0 radical (unpaired) electrons. The van der Waals surface area contributed by atoms with Crippen LogP contribution in [0.25, 0.3) is 0 Å². The minimum Gasteiger partial charge on any atom is -0.493 e. The Hall–Kier alpha value is -1.91. The van der Waals surface area contributed by atoms with Crippen molar-refractivity contribution in [1.82, 2.24) is 0 Å². The summed E-state index contributed by atoms with van der Waals surface area (Å²) in [5.41, 5.74) is 7.04. The van der Waals surface area contributed by atoms with Gasteiger partial charge >= 0.3 is 0 Å². The summed E-state index contributed by atoms with van der Waals surface area (Å²) in [5, 5.41) is 9.62. The molecule has 2 aromatic rings. The van der Waals surface area contributed by atoms with E-state index in [1.165, 1.54) is 7.11 Å². The van der Waals surface area contributed by atoms with Crippen molar-refractivity contribution in [3.63, 3.8) is 0 Å². The molecule has 0 unspecified atom stereocenters. The maximum atomic E-state index is 9.08. The molecule has 4 nitrogen and oxygen atoms in total. The number of methoxy groups -OCH3 is 1. The Bertz CT molecular complexity index is 587. The van der Waals surface area contributed by atoms with Gasteiger partial charge in [-0.2, -0.15) is 0 Å². The molecule has 0 fully saturated rings. The second kappa shape index (κ2) is 5.82. The number of nitrogen functional groups attached to an aromatic ring is 1. The normalized spacial score (nSPS) is 10.3. The van der Waals surface area contributed by atoms with Crippen LogP contribution in [0.5, 0.6) is 17.2 Å². The number of nitrogens with two attached hydrogens (primary N) is 1. The molecule has 0 atom stereocenters. The molecule has 3 N–H and O–H groups in total. The minimum atomic E-state index is -0.0596. The van der Waals surface area contributed by atoms with Crippen molar-refractivity contribution in [3.05, 3.63) is 47.0 Å². The summed E-state index contributed by atoms with van der Waals surface area (Å²) in [5.74, 6) is 1.49. The molecule has 2 rings (SSSR count). The van der Waals surface area contributed by atoms with Gasteiger partial charge in [-0.15, -0.1) is 0 Å². The number of rotatable bonds is 4. The molecule has 5 heteroatoms. The van der Waals surface area contributed by atoms with Gasteiger partial charge in [0.25, 0.3) is 0 Å². The lowest BCUT2D eigenvalue weighted by atomic mass is 10.2. The third kappa shape index (κ3) is 3.10. The van der Waals surface area contributed by atoms with E-state index in [-0.39, 0.29) is 6.61 Å². The first-order valence-electron chi connectivity index (χ1n) is 5.64. The second-order valence-electron chi connectivity index (χ2n) is 3.93. The van der Waals surface area contributed by atoms with E-state index in [0.29, 0.717) is 28.0 Å².